The molecule has 0 bridgehead atoms. The first-order valence-electron chi connectivity index (χ1n) is 11.9. The number of aryl methyl sites for hydroxylation is 1. The maximum Gasteiger partial charge on any atom is 0.408 e. The van der Waals surface area contributed by atoms with Gasteiger partial charge in [0, 0.05) is 11.6 Å². The molecule has 3 aliphatic rings. The number of hydrogen-bond acceptors (Lipinski definition) is 7. The lowest BCUT2D eigenvalue weighted by Crippen LogP contribution is -2.43. The summed E-state index contributed by atoms with van der Waals surface area (Å²) in [7, 11) is 1.54. The number of nitrogens with one attached hydrogen (secondary N) is 1. The molecule has 1 amide bonds. The summed E-state index contributed by atoms with van der Waals surface area (Å²) in [4.78, 5) is 26.7. The van der Waals surface area contributed by atoms with Gasteiger partial charge in [-0.2, -0.15) is 0 Å². The zero-order chi connectivity index (χ0) is 24.6. The minimum atomic E-state index is -1.19. The Hall–Kier alpha value is -4.20. The van der Waals surface area contributed by atoms with Gasteiger partial charge >= 0.3 is 6.09 Å². The number of Topliss-reactive ketones (excluding diaryl/α,β-unsaturated/α-hetero) is 1. The number of carbonyl (C=O) groups is 2. The number of rotatable bonds is 4. The first-order valence-corrected chi connectivity index (χ1v) is 11.9. The second-order valence-corrected chi connectivity index (χ2v) is 8.99. The van der Waals surface area contributed by atoms with Crippen molar-refractivity contribution in [1.29, 1.82) is 0 Å². The molecule has 3 aromatic carbocycles. The van der Waals surface area contributed by atoms with Gasteiger partial charge in [-0.1, -0.05) is 30.3 Å². The first-order chi connectivity index (χ1) is 17.6. The molecule has 1 N–H and O–H groups in total. The van der Waals surface area contributed by atoms with Crippen LogP contribution in [0.1, 0.15) is 52.0 Å². The molecule has 8 nitrogen and oxygen atoms in total. The van der Waals surface area contributed by atoms with Gasteiger partial charge in [0.2, 0.25) is 18.7 Å². The SMILES string of the molecule is COc1ccc2c(c1)O[C@H](c1ccc3c(c1)OCO3)[C@@H](OC(=O)N[C@H]1CCCc3ccccc31)C2=O. The zero-order valence-corrected chi connectivity index (χ0v) is 19.7. The molecule has 0 aromatic heterocycles. The summed E-state index contributed by atoms with van der Waals surface area (Å²) in [6, 6.07) is 18.1. The summed E-state index contributed by atoms with van der Waals surface area (Å²) in [6.07, 6.45) is 0.00494. The van der Waals surface area contributed by atoms with E-state index < -0.39 is 18.3 Å². The van der Waals surface area contributed by atoms with E-state index in [1.807, 2.05) is 18.2 Å². The predicted octanol–water partition coefficient (Wildman–Crippen LogP) is 4.91. The number of benzene rings is 3. The smallest absolute Gasteiger partial charge is 0.408 e. The van der Waals surface area contributed by atoms with E-state index in [1.54, 1.807) is 43.5 Å². The van der Waals surface area contributed by atoms with Gasteiger partial charge in [-0.25, -0.2) is 4.79 Å². The Bertz CT molecular complexity index is 1340. The van der Waals surface area contributed by atoms with Crippen LogP contribution in [0.15, 0.2) is 60.7 Å². The number of carbonyl (C=O) groups excluding carboxylic acids is 2. The van der Waals surface area contributed by atoms with E-state index in [9.17, 15) is 9.59 Å². The molecule has 0 unspecified atom stereocenters. The van der Waals surface area contributed by atoms with Crippen molar-refractivity contribution in [2.45, 2.75) is 37.5 Å². The number of ketones is 1. The monoisotopic (exact) mass is 487 g/mol. The summed E-state index contributed by atoms with van der Waals surface area (Å²) in [5.41, 5.74) is 3.25. The number of hydrogen-bond donors (Lipinski definition) is 1. The van der Waals surface area contributed by atoms with Crippen molar-refractivity contribution in [3.63, 3.8) is 0 Å². The lowest BCUT2D eigenvalue weighted by Gasteiger charge is -2.33. The third-order valence-corrected chi connectivity index (χ3v) is 6.86. The van der Waals surface area contributed by atoms with E-state index in [0.717, 1.165) is 24.8 Å². The van der Waals surface area contributed by atoms with Gasteiger partial charge in [-0.15, -0.1) is 0 Å². The van der Waals surface area contributed by atoms with Crippen molar-refractivity contribution >= 4 is 11.9 Å². The Labute approximate surface area is 208 Å². The van der Waals surface area contributed by atoms with Crippen LogP contribution in [0.3, 0.4) is 0 Å². The van der Waals surface area contributed by atoms with Crippen LogP contribution in [0.5, 0.6) is 23.0 Å². The number of ether oxygens (including phenoxy) is 5. The Morgan fingerprint density at radius 3 is 2.75 bits per heavy atom. The summed E-state index contributed by atoms with van der Waals surface area (Å²) in [5, 5.41) is 2.97. The second kappa shape index (κ2) is 9.11. The summed E-state index contributed by atoms with van der Waals surface area (Å²) < 4.78 is 28.3. The minimum Gasteiger partial charge on any atom is -0.497 e. The second-order valence-electron chi connectivity index (χ2n) is 8.99. The predicted molar refractivity (Wildman–Crippen MR) is 129 cm³/mol. The highest BCUT2D eigenvalue weighted by atomic mass is 16.7. The minimum absolute atomic E-state index is 0.120. The van der Waals surface area contributed by atoms with Gasteiger partial charge in [0.25, 0.3) is 0 Å². The number of methoxy groups -OCH3 is 1. The number of amides is 1. The molecule has 36 heavy (non-hydrogen) atoms. The van der Waals surface area contributed by atoms with Crippen LogP contribution >= 0.6 is 0 Å². The number of fused-ring (bicyclic) bond motifs is 3. The summed E-state index contributed by atoms with van der Waals surface area (Å²) in [6.45, 7) is 0.120. The molecule has 2 heterocycles. The molecule has 6 rings (SSSR count). The van der Waals surface area contributed by atoms with Crippen molar-refractivity contribution < 1.29 is 33.3 Å². The van der Waals surface area contributed by atoms with Crippen molar-refractivity contribution in [2.24, 2.45) is 0 Å². The lowest BCUT2D eigenvalue weighted by atomic mass is 9.88. The van der Waals surface area contributed by atoms with Crippen molar-refractivity contribution in [3.05, 3.63) is 82.9 Å². The van der Waals surface area contributed by atoms with Crippen LogP contribution in [0.25, 0.3) is 0 Å². The molecule has 0 saturated carbocycles. The van der Waals surface area contributed by atoms with Gasteiger partial charge in [-0.05, 0) is 54.7 Å². The van der Waals surface area contributed by atoms with Crippen LogP contribution in [-0.2, 0) is 11.2 Å². The van der Waals surface area contributed by atoms with Crippen LogP contribution in [0.2, 0.25) is 0 Å². The fourth-order valence-electron chi connectivity index (χ4n) is 5.06. The maximum atomic E-state index is 13.6. The Kier molecular flexibility index (Phi) is 5.64. The highest BCUT2D eigenvalue weighted by Gasteiger charge is 2.42. The fourth-order valence-corrected chi connectivity index (χ4v) is 5.06. The van der Waals surface area contributed by atoms with E-state index in [2.05, 4.69) is 11.4 Å². The fraction of sp³-hybridized carbons (Fsp3) is 0.286. The molecule has 0 saturated heterocycles. The van der Waals surface area contributed by atoms with Crippen LogP contribution < -0.4 is 24.3 Å². The van der Waals surface area contributed by atoms with Crippen molar-refractivity contribution in [2.75, 3.05) is 13.9 Å². The Balaban J connectivity index is 1.30. The van der Waals surface area contributed by atoms with Gasteiger partial charge in [-0.3, -0.25) is 4.79 Å². The van der Waals surface area contributed by atoms with Gasteiger partial charge in [0.15, 0.2) is 17.6 Å². The average Bonchev–Trinajstić information content (AvgIpc) is 3.38. The first kappa shape index (κ1) is 22.3. The van der Waals surface area contributed by atoms with Crippen molar-refractivity contribution in [3.8, 4) is 23.0 Å². The largest absolute Gasteiger partial charge is 0.497 e. The third kappa shape index (κ3) is 3.98. The molecule has 0 spiro atoms. The summed E-state index contributed by atoms with van der Waals surface area (Å²) >= 11 is 0. The van der Waals surface area contributed by atoms with Crippen LogP contribution in [0.4, 0.5) is 4.79 Å². The lowest BCUT2D eigenvalue weighted by molar-refractivity contribution is 0.00793. The molecule has 3 aromatic rings. The third-order valence-electron chi connectivity index (χ3n) is 6.86. The molecule has 2 aliphatic heterocycles. The number of alkyl carbamates (subject to hydrolysis) is 1. The molecule has 1 aliphatic carbocycles. The van der Waals surface area contributed by atoms with Gasteiger partial charge < -0.3 is 29.0 Å². The standard InChI is InChI=1S/C28H25NO7/c1-32-18-10-11-20-23(14-18)35-26(17-9-12-22-24(13-17)34-15-33-22)27(25(20)30)36-28(31)29-21-8-4-6-16-5-2-3-7-19(16)21/h2-3,5,7,9-14,21,26-27H,4,6,8,15H2,1H3,(H,29,31)/t21-,26+,27-/m0/s1. The molecule has 0 radical (unpaired) electrons. The summed E-state index contributed by atoms with van der Waals surface area (Å²) in [5.74, 6) is 1.72. The topological polar surface area (TPSA) is 92.3 Å². The van der Waals surface area contributed by atoms with Gasteiger partial charge in [0.1, 0.15) is 11.5 Å². The van der Waals surface area contributed by atoms with Gasteiger partial charge in [0.05, 0.1) is 18.7 Å². The zero-order valence-electron chi connectivity index (χ0n) is 19.7. The highest BCUT2D eigenvalue weighted by molar-refractivity contribution is 6.04. The highest BCUT2D eigenvalue weighted by Crippen LogP contribution is 2.42. The maximum absolute atomic E-state index is 13.6. The quantitative estimate of drug-likeness (QED) is 0.559. The molecule has 184 valence electrons. The molecule has 0 fully saturated rings. The van der Waals surface area contributed by atoms with E-state index in [-0.39, 0.29) is 18.6 Å². The Morgan fingerprint density at radius 1 is 1.00 bits per heavy atom. The van der Waals surface area contributed by atoms with Crippen LogP contribution in [0, 0.1) is 0 Å². The molecule has 3 atom stereocenters. The Morgan fingerprint density at radius 2 is 1.86 bits per heavy atom. The van der Waals surface area contributed by atoms with Crippen LogP contribution in [-0.4, -0.2) is 31.9 Å². The van der Waals surface area contributed by atoms with E-state index in [4.69, 9.17) is 23.7 Å². The molecular formula is C28H25NO7. The normalized spacial score (nSPS) is 21.6. The van der Waals surface area contributed by atoms with E-state index in [1.165, 1.54) is 5.56 Å². The molecule has 8 heteroatoms. The van der Waals surface area contributed by atoms with E-state index >= 15 is 0 Å². The molecular weight excluding hydrogens is 462 g/mol. The van der Waals surface area contributed by atoms with Crippen molar-refractivity contribution in [1.82, 2.24) is 5.32 Å². The van der Waals surface area contributed by atoms with E-state index in [0.29, 0.717) is 34.1 Å². The average molecular weight is 488 g/mol.